The number of carbonyl (C=O) groups is 2. The van der Waals surface area contributed by atoms with Gasteiger partial charge in [0.05, 0.1) is 21.9 Å². The van der Waals surface area contributed by atoms with Crippen molar-refractivity contribution in [1.82, 2.24) is 10.6 Å². The van der Waals surface area contributed by atoms with Gasteiger partial charge in [0.2, 0.25) is 5.91 Å². The van der Waals surface area contributed by atoms with Crippen LogP contribution in [0.1, 0.15) is 36.4 Å². The summed E-state index contributed by atoms with van der Waals surface area (Å²) in [5.41, 5.74) is 0. The van der Waals surface area contributed by atoms with Gasteiger partial charge in [-0.2, -0.15) is 0 Å². The lowest BCUT2D eigenvalue weighted by atomic mass is 10.00. The number of rotatable bonds is 4. The Labute approximate surface area is 134 Å². The van der Waals surface area contributed by atoms with Crippen LogP contribution in [-0.4, -0.2) is 43.3 Å². The summed E-state index contributed by atoms with van der Waals surface area (Å²) < 4.78 is 23.0. The van der Waals surface area contributed by atoms with Crippen LogP contribution in [0, 0.1) is 0 Å². The number of hydrogen-bond donors (Lipinski definition) is 2. The summed E-state index contributed by atoms with van der Waals surface area (Å²) in [7, 11) is -3.10. The second kappa shape index (κ2) is 6.37. The van der Waals surface area contributed by atoms with Crippen molar-refractivity contribution >= 4 is 33.0 Å². The van der Waals surface area contributed by atoms with Gasteiger partial charge in [0, 0.05) is 6.04 Å². The summed E-state index contributed by atoms with van der Waals surface area (Å²) >= 11 is 1.31. The lowest BCUT2D eigenvalue weighted by molar-refractivity contribution is -0.120. The zero-order valence-corrected chi connectivity index (χ0v) is 14.2. The Balaban J connectivity index is 1.82. The van der Waals surface area contributed by atoms with Gasteiger partial charge in [-0.15, -0.1) is 11.3 Å². The van der Waals surface area contributed by atoms with Crippen molar-refractivity contribution in [2.24, 2.45) is 0 Å². The van der Waals surface area contributed by atoms with Crippen molar-refractivity contribution in [3.05, 3.63) is 22.4 Å². The van der Waals surface area contributed by atoms with Crippen molar-refractivity contribution in [3.8, 4) is 0 Å². The van der Waals surface area contributed by atoms with Crippen LogP contribution in [0.2, 0.25) is 0 Å². The number of hydrogen-bond acceptors (Lipinski definition) is 5. The molecule has 8 heteroatoms. The van der Waals surface area contributed by atoms with Crippen molar-refractivity contribution < 1.29 is 18.0 Å². The van der Waals surface area contributed by atoms with E-state index in [2.05, 4.69) is 10.6 Å². The molecule has 1 aromatic heterocycles. The number of nitrogens with one attached hydrogen (secondary N) is 2. The van der Waals surface area contributed by atoms with E-state index in [4.69, 9.17) is 0 Å². The molecule has 1 unspecified atom stereocenters. The van der Waals surface area contributed by atoms with Crippen molar-refractivity contribution in [1.29, 1.82) is 0 Å². The van der Waals surface area contributed by atoms with E-state index < -0.39 is 14.6 Å². The monoisotopic (exact) mass is 344 g/mol. The first-order chi connectivity index (χ1) is 10.2. The molecule has 2 rings (SSSR count). The molecule has 22 heavy (non-hydrogen) atoms. The van der Waals surface area contributed by atoms with Crippen LogP contribution in [0.4, 0.5) is 0 Å². The van der Waals surface area contributed by atoms with Gasteiger partial charge >= 0.3 is 0 Å². The van der Waals surface area contributed by atoms with Gasteiger partial charge in [-0.05, 0) is 38.1 Å². The molecule has 1 saturated heterocycles. The normalized spacial score (nSPS) is 22.7. The Bertz CT molecular complexity index is 650. The second-order valence-corrected chi connectivity index (χ2v) is 9.69. The third kappa shape index (κ3) is 3.86. The van der Waals surface area contributed by atoms with Gasteiger partial charge in [-0.1, -0.05) is 6.07 Å². The molecule has 1 aliphatic heterocycles. The molecule has 0 aliphatic carbocycles. The molecule has 0 aromatic carbocycles. The third-order valence-corrected chi connectivity index (χ3v) is 7.33. The van der Waals surface area contributed by atoms with E-state index in [1.807, 2.05) is 0 Å². The molecule has 122 valence electrons. The summed E-state index contributed by atoms with van der Waals surface area (Å²) in [6, 6.07) is 3.28. The molecule has 1 fully saturated rings. The fraction of sp³-hybridized carbons (Fsp3) is 0.571. The van der Waals surface area contributed by atoms with Crippen LogP contribution in [0.25, 0.3) is 0 Å². The molecule has 0 radical (unpaired) electrons. The molecule has 6 nitrogen and oxygen atoms in total. The topological polar surface area (TPSA) is 92.3 Å². The molecule has 2 amide bonds. The van der Waals surface area contributed by atoms with Crippen LogP contribution >= 0.6 is 11.3 Å². The van der Waals surface area contributed by atoms with Gasteiger partial charge in [-0.25, -0.2) is 8.42 Å². The predicted molar refractivity (Wildman–Crippen MR) is 85.7 cm³/mol. The Hall–Kier alpha value is -1.41. The summed E-state index contributed by atoms with van der Waals surface area (Å²) in [4.78, 5) is 24.2. The van der Waals surface area contributed by atoms with Crippen molar-refractivity contribution in [2.45, 2.75) is 37.5 Å². The van der Waals surface area contributed by atoms with Crippen molar-refractivity contribution in [3.63, 3.8) is 0 Å². The molecule has 0 saturated carbocycles. The highest BCUT2D eigenvalue weighted by atomic mass is 32.2. The largest absolute Gasteiger partial charge is 0.352 e. The molecule has 2 N–H and O–H groups in total. The fourth-order valence-corrected chi connectivity index (χ4v) is 4.70. The summed E-state index contributed by atoms with van der Waals surface area (Å²) in [6.07, 6.45) is 0.802. The highest BCUT2D eigenvalue weighted by Crippen LogP contribution is 2.30. The van der Waals surface area contributed by atoms with Crippen LogP contribution in [0.3, 0.4) is 0 Å². The highest BCUT2D eigenvalue weighted by Gasteiger charge is 2.41. The number of thiophene rings is 1. The molecule has 0 bridgehead atoms. The first-order valence-corrected chi connectivity index (χ1v) is 9.58. The highest BCUT2D eigenvalue weighted by molar-refractivity contribution is 7.92. The Morgan fingerprint density at radius 1 is 1.41 bits per heavy atom. The van der Waals surface area contributed by atoms with Crippen LogP contribution in [0.5, 0.6) is 0 Å². The first kappa shape index (κ1) is 17.0. The van der Waals surface area contributed by atoms with E-state index in [-0.39, 0.29) is 30.2 Å². The van der Waals surface area contributed by atoms with E-state index in [1.165, 1.54) is 11.3 Å². The maximum absolute atomic E-state index is 11.9. The molecular formula is C14H20N2O4S2. The maximum Gasteiger partial charge on any atom is 0.261 e. The lowest BCUT2D eigenvalue weighted by Gasteiger charge is -2.35. The Morgan fingerprint density at radius 3 is 2.73 bits per heavy atom. The van der Waals surface area contributed by atoms with E-state index in [9.17, 15) is 18.0 Å². The average molecular weight is 344 g/mol. The van der Waals surface area contributed by atoms with Gasteiger partial charge in [0.1, 0.15) is 0 Å². The minimum absolute atomic E-state index is 0.0759. The summed E-state index contributed by atoms with van der Waals surface area (Å²) in [5.74, 6) is -0.506. The zero-order chi connectivity index (χ0) is 16.4. The summed E-state index contributed by atoms with van der Waals surface area (Å²) in [5, 5.41) is 7.14. The Kier molecular flexibility index (Phi) is 4.91. The molecule has 1 atom stereocenters. The van der Waals surface area contributed by atoms with E-state index in [0.29, 0.717) is 17.7 Å². The predicted octanol–water partition coefficient (Wildman–Crippen LogP) is 0.950. The standard InChI is InChI=1S/C14H20N2O4S2/c1-14(2)8-10(5-7-22(14,19)20)16-12(17)9-15-13(18)11-4-3-6-21-11/h3-4,6,10H,5,7-9H2,1-2H3,(H,15,18)(H,16,17). The average Bonchev–Trinajstić information content (AvgIpc) is 2.94. The minimum atomic E-state index is -3.10. The SMILES string of the molecule is CC1(C)CC(NC(=O)CNC(=O)c2cccs2)CCS1(=O)=O. The molecule has 2 heterocycles. The van der Waals surface area contributed by atoms with Gasteiger partial charge < -0.3 is 10.6 Å². The van der Waals surface area contributed by atoms with Gasteiger partial charge in [0.25, 0.3) is 5.91 Å². The molecular weight excluding hydrogens is 324 g/mol. The quantitative estimate of drug-likeness (QED) is 0.850. The molecule has 1 aliphatic rings. The third-order valence-electron chi connectivity index (χ3n) is 3.83. The molecule has 0 spiro atoms. The number of amides is 2. The van der Waals surface area contributed by atoms with Gasteiger partial charge in [0.15, 0.2) is 9.84 Å². The maximum atomic E-state index is 11.9. The van der Waals surface area contributed by atoms with E-state index in [1.54, 1.807) is 31.4 Å². The molecule has 1 aromatic rings. The lowest BCUT2D eigenvalue weighted by Crippen LogP contribution is -2.51. The van der Waals surface area contributed by atoms with E-state index in [0.717, 1.165) is 0 Å². The Morgan fingerprint density at radius 2 is 2.14 bits per heavy atom. The van der Waals surface area contributed by atoms with E-state index >= 15 is 0 Å². The zero-order valence-electron chi connectivity index (χ0n) is 12.6. The van der Waals surface area contributed by atoms with Crippen LogP contribution < -0.4 is 10.6 Å². The van der Waals surface area contributed by atoms with Gasteiger partial charge in [-0.3, -0.25) is 9.59 Å². The first-order valence-electron chi connectivity index (χ1n) is 7.05. The second-order valence-electron chi connectivity index (χ2n) is 6.00. The fourth-order valence-electron chi connectivity index (χ4n) is 2.45. The number of sulfone groups is 1. The summed E-state index contributed by atoms with van der Waals surface area (Å²) in [6.45, 7) is 3.25. The number of carbonyl (C=O) groups excluding carboxylic acids is 2. The van der Waals surface area contributed by atoms with Crippen LogP contribution in [0.15, 0.2) is 17.5 Å². The smallest absolute Gasteiger partial charge is 0.261 e. The minimum Gasteiger partial charge on any atom is -0.352 e. The van der Waals surface area contributed by atoms with Crippen LogP contribution in [-0.2, 0) is 14.6 Å². The van der Waals surface area contributed by atoms with Crippen molar-refractivity contribution in [2.75, 3.05) is 12.3 Å².